The van der Waals surface area contributed by atoms with Crippen LogP contribution in [0.2, 0.25) is 0 Å². The summed E-state index contributed by atoms with van der Waals surface area (Å²) in [6.45, 7) is 0. The molecule has 0 aliphatic heterocycles. The van der Waals surface area contributed by atoms with E-state index in [0.717, 1.165) is 26.0 Å². The SMILES string of the molecule is COC(=O)Nc1ccc(OC(F)(F)F)c(Nc2cc(NC3CC3)c3ncc(C#N)n3n2)c1. The summed E-state index contributed by atoms with van der Waals surface area (Å²) in [5.41, 5.74) is 1.15. The Morgan fingerprint density at radius 2 is 2.06 bits per heavy atom. The van der Waals surface area contributed by atoms with Crippen molar-refractivity contribution in [1.82, 2.24) is 14.6 Å². The van der Waals surface area contributed by atoms with E-state index in [-0.39, 0.29) is 28.9 Å². The van der Waals surface area contributed by atoms with Gasteiger partial charge in [-0.25, -0.2) is 9.78 Å². The number of imidazole rings is 1. The zero-order valence-electron chi connectivity index (χ0n) is 16.5. The summed E-state index contributed by atoms with van der Waals surface area (Å²) in [4.78, 5) is 15.7. The molecule has 1 saturated carbocycles. The van der Waals surface area contributed by atoms with E-state index < -0.39 is 18.2 Å². The molecule has 1 aromatic carbocycles. The lowest BCUT2D eigenvalue weighted by atomic mass is 10.2. The van der Waals surface area contributed by atoms with Crippen LogP contribution in [0.3, 0.4) is 0 Å². The summed E-state index contributed by atoms with van der Waals surface area (Å²) in [7, 11) is 1.15. The van der Waals surface area contributed by atoms with Gasteiger partial charge in [-0.2, -0.15) is 9.78 Å². The number of aromatic nitrogens is 3. The third-order valence-corrected chi connectivity index (χ3v) is 4.42. The van der Waals surface area contributed by atoms with Crippen LogP contribution in [0.15, 0.2) is 30.5 Å². The number of carbonyl (C=O) groups is 1. The molecule has 3 aromatic rings. The average molecular weight is 447 g/mol. The van der Waals surface area contributed by atoms with Crippen molar-refractivity contribution in [2.45, 2.75) is 25.2 Å². The number of nitriles is 1. The highest BCUT2D eigenvalue weighted by Crippen LogP contribution is 2.35. The van der Waals surface area contributed by atoms with Crippen LogP contribution in [0.25, 0.3) is 5.65 Å². The van der Waals surface area contributed by atoms with Gasteiger partial charge in [0.25, 0.3) is 0 Å². The molecule has 13 heteroatoms. The molecule has 2 heterocycles. The molecule has 10 nitrogen and oxygen atoms in total. The Hall–Kier alpha value is -4.21. The molecule has 0 bridgehead atoms. The molecular weight excluding hydrogens is 431 g/mol. The van der Waals surface area contributed by atoms with Crippen LogP contribution in [-0.2, 0) is 4.74 Å². The standard InChI is InChI=1S/C19H16F3N7O3/c1-31-18(30)26-11-4-5-15(32-19(20,21)22)13(6-11)27-16-7-14(25-10-2-3-10)17-24-9-12(8-23)29(17)28-16/h4-7,9-10,25H,2-3H2,1H3,(H,26,30)(H,27,28). The predicted octanol–water partition coefficient (Wildman–Crippen LogP) is 4.00. The van der Waals surface area contributed by atoms with Gasteiger partial charge in [0.05, 0.1) is 24.7 Å². The van der Waals surface area contributed by atoms with Crippen LogP contribution >= 0.6 is 0 Å². The fourth-order valence-corrected chi connectivity index (χ4v) is 2.89. The van der Waals surface area contributed by atoms with E-state index in [1.807, 2.05) is 6.07 Å². The number of nitrogens with one attached hydrogen (secondary N) is 3. The Morgan fingerprint density at radius 1 is 1.28 bits per heavy atom. The molecule has 2 aromatic heterocycles. The topological polar surface area (TPSA) is 126 Å². The zero-order chi connectivity index (χ0) is 22.9. The number of methoxy groups -OCH3 is 1. The number of halogens is 3. The first-order chi connectivity index (χ1) is 15.3. The molecule has 1 amide bonds. The minimum absolute atomic E-state index is 0.123. The van der Waals surface area contributed by atoms with E-state index in [9.17, 15) is 23.2 Å². The number of hydrogen-bond acceptors (Lipinski definition) is 8. The lowest BCUT2D eigenvalue weighted by molar-refractivity contribution is -0.274. The Bertz CT molecular complexity index is 1220. The number of rotatable bonds is 6. The first-order valence-electron chi connectivity index (χ1n) is 9.33. The molecule has 0 atom stereocenters. The molecule has 1 fully saturated rings. The van der Waals surface area contributed by atoms with E-state index in [4.69, 9.17) is 0 Å². The molecule has 0 radical (unpaired) electrons. The van der Waals surface area contributed by atoms with Gasteiger partial charge in [-0.05, 0) is 31.0 Å². The second-order valence-corrected chi connectivity index (χ2v) is 6.85. The molecule has 0 unspecified atom stereocenters. The van der Waals surface area contributed by atoms with Gasteiger partial charge in [-0.3, -0.25) is 5.32 Å². The molecule has 1 aliphatic rings. The van der Waals surface area contributed by atoms with Gasteiger partial charge in [0.2, 0.25) is 0 Å². The van der Waals surface area contributed by atoms with Crippen LogP contribution < -0.4 is 20.7 Å². The largest absolute Gasteiger partial charge is 0.573 e. The monoisotopic (exact) mass is 447 g/mol. The molecule has 166 valence electrons. The maximum atomic E-state index is 12.9. The summed E-state index contributed by atoms with van der Waals surface area (Å²) in [5.74, 6) is -0.421. The number of benzene rings is 1. The minimum atomic E-state index is -4.94. The summed E-state index contributed by atoms with van der Waals surface area (Å²) in [6.07, 6.45) is -2.46. The van der Waals surface area contributed by atoms with E-state index >= 15 is 0 Å². The summed E-state index contributed by atoms with van der Waals surface area (Å²) in [6, 6.07) is 7.28. The number of anilines is 4. The number of nitrogens with zero attached hydrogens (tertiary/aromatic N) is 4. The second kappa shape index (κ2) is 8.14. The van der Waals surface area contributed by atoms with Crippen molar-refractivity contribution in [3.05, 3.63) is 36.2 Å². The molecule has 0 spiro atoms. The van der Waals surface area contributed by atoms with Crippen molar-refractivity contribution in [3.8, 4) is 11.8 Å². The van der Waals surface area contributed by atoms with E-state index in [2.05, 4.69) is 35.5 Å². The van der Waals surface area contributed by atoms with Crippen LogP contribution in [0, 0.1) is 11.3 Å². The van der Waals surface area contributed by atoms with Gasteiger partial charge in [0, 0.05) is 17.8 Å². The Kier molecular flexibility index (Phi) is 5.35. The van der Waals surface area contributed by atoms with Gasteiger partial charge >= 0.3 is 12.5 Å². The number of fused-ring (bicyclic) bond motifs is 1. The number of carbonyl (C=O) groups excluding carboxylic acids is 1. The smallest absolute Gasteiger partial charge is 0.453 e. The first kappa shape index (κ1) is 21.0. The molecule has 1 aliphatic carbocycles. The zero-order valence-corrected chi connectivity index (χ0v) is 16.5. The average Bonchev–Trinajstić information content (AvgIpc) is 3.45. The van der Waals surface area contributed by atoms with E-state index in [1.165, 1.54) is 22.8 Å². The Balaban J connectivity index is 1.74. The van der Waals surface area contributed by atoms with Crippen LogP contribution in [0.4, 0.5) is 40.8 Å². The second-order valence-electron chi connectivity index (χ2n) is 6.85. The highest BCUT2D eigenvalue weighted by molar-refractivity contribution is 5.86. The van der Waals surface area contributed by atoms with Gasteiger partial charge in [0.1, 0.15) is 6.07 Å². The van der Waals surface area contributed by atoms with Crippen molar-refractivity contribution >= 4 is 34.6 Å². The minimum Gasteiger partial charge on any atom is -0.453 e. The van der Waals surface area contributed by atoms with Gasteiger partial charge in [-0.1, -0.05) is 0 Å². The molecule has 32 heavy (non-hydrogen) atoms. The van der Waals surface area contributed by atoms with Crippen LogP contribution in [0.1, 0.15) is 18.5 Å². The van der Waals surface area contributed by atoms with Crippen LogP contribution in [-0.4, -0.2) is 40.2 Å². The van der Waals surface area contributed by atoms with Crippen LogP contribution in [0.5, 0.6) is 5.75 Å². The van der Waals surface area contributed by atoms with E-state index in [0.29, 0.717) is 11.3 Å². The maximum absolute atomic E-state index is 12.9. The molecule has 3 N–H and O–H groups in total. The molecule has 0 saturated heterocycles. The highest BCUT2D eigenvalue weighted by atomic mass is 19.4. The normalized spacial score (nSPS) is 13.3. The van der Waals surface area contributed by atoms with Gasteiger partial charge in [0.15, 0.2) is 22.9 Å². The fourth-order valence-electron chi connectivity index (χ4n) is 2.89. The lowest BCUT2D eigenvalue weighted by Crippen LogP contribution is -2.18. The van der Waals surface area contributed by atoms with Crippen molar-refractivity contribution in [3.63, 3.8) is 0 Å². The summed E-state index contributed by atoms with van der Waals surface area (Å²) < 4.78 is 48.6. The quantitative estimate of drug-likeness (QED) is 0.518. The van der Waals surface area contributed by atoms with E-state index in [1.54, 1.807) is 6.07 Å². The third-order valence-electron chi connectivity index (χ3n) is 4.42. The molecule has 4 rings (SSSR count). The Morgan fingerprint density at radius 3 is 2.72 bits per heavy atom. The number of amides is 1. The number of ether oxygens (including phenoxy) is 2. The fraction of sp³-hybridized carbons (Fsp3) is 0.263. The maximum Gasteiger partial charge on any atom is 0.573 e. The van der Waals surface area contributed by atoms with Gasteiger partial charge < -0.3 is 20.1 Å². The number of alkyl halides is 3. The number of hydrogen-bond donors (Lipinski definition) is 3. The third kappa shape index (κ3) is 4.75. The molecular formula is C19H16F3N7O3. The summed E-state index contributed by atoms with van der Waals surface area (Å²) >= 11 is 0. The predicted molar refractivity (Wildman–Crippen MR) is 107 cm³/mol. The highest BCUT2D eigenvalue weighted by Gasteiger charge is 2.32. The van der Waals surface area contributed by atoms with Crippen molar-refractivity contribution < 1.29 is 27.4 Å². The van der Waals surface area contributed by atoms with Crippen molar-refractivity contribution in [2.24, 2.45) is 0 Å². The van der Waals surface area contributed by atoms with Gasteiger partial charge in [-0.15, -0.1) is 18.3 Å². The van der Waals surface area contributed by atoms with Crippen molar-refractivity contribution in [2.75, 3.05) is 23.1 Å². The van der Waals surface area contributed by atoms with Crippen molar-refractivity contribution in [1.29, 1.82) is 5.26 Å². The summed E-state index contributed by atoms with van der Waals surface area (Å²) in [5, 5.41) is 22.0. The lowest BCUT2D eigenvalue weighted by Gasteiger charge is -2.16. The Labute approximate surface area is 178 Å². The first-order valence-corrected chi connectivity index (χ1v) is 9.33.